The van der Waals surface area contributed by atoms with E-state index >= 15 is 0 Å². The highest BCUT2D eigenvalue weighted by molar-refractivity contribution is 7.16. The number of unbranched alkanes of at least 4 members (excludes halogenated alkanes) is 14. The summed E-state index contributed by atoms with van der Waals surface area (Å²) in [4.78, 5) is 24.6. The molecule has 1 heterocycles. The van der Waals surface area contributed by atoms with Crippen LogP contribution in [0, 0.1) is 0 Å². The lowest BCUT2D eigenvalue weighted by Gasteiger charge is -2.06. The number of hydrogen-bond donors (Lipinski definition) is 2. The van der Waals surface area contributed by atoms with Crippen LogP contribution in [-0.2, 0) is 11.2 Å². The summed E-state index contributed by atoms with van der Waals surface area (Å²) < 4.78 is 5.26. The lowest BCUT2D eigenvalue weighted by atomic mass is 10.1. The van der Waals surface area contributed by atoms with Crippen LogP contribution < -0.4 is 5.32 Å². The molecule has 2 N–H and O–H groups in total. The van der Waals surface area contributed by atoms with Gasteiger partial charge in [-0.3, -0.25) is 5.32 Å². The highest BCUT2D eigenvalue weighted by atomic mass is 32.1. The molecule has 0 radical (unpaired) electrons. The minimum Gasteiger partial charge on any atom is -0.478 e. The van der Waals surface area contributed by atoms with Crippen molar-refractivity contribution in [1.29, 1.82) is 0 Å². The van der Waals surface area contributed by atoms with Crippen LogP contribution in [0.3, 0.4) is 0 Å². The second-order valence-corrected chi connectivity index (χ2v) is 9.86. The Balaban J connectivity index is 2.21. The molecule has 0 fully saturated rings. The SMILES string of the molecule is CCCCCCCCCCCCOC(=O)Nc1sc(CCCCCCCC)cc1C(=O)O. The summed E-state index contributed by atoms with van der Waals surface area (Å²) in [6.07, 6.45) is 19.8. The maximum Gasteiger partial charge on any atom is 0.412 e. The number of carboxylic acids is 1. The van der Waals surface area contributed by atoms with E-state index in [1.54, 1.807) is 6.07 Å². The molecule has 0 aliphatic rings. The third-order valence-corrected chi connectivity index (χ3v) is 6.85. The quantitative estimate of drug-likeness (QED) is 0.188. The normalized spacial score (nSPS) is 10.9. The first kappa shape index (κ1) is 28.5. The van der Waals surface area contributed by atoms with Crippen LogP contribution in [0.1, 0.15) is 132 Å². The van der Waals surface area contributed by atoms with E-state index in [0.717, 1.165) is 37.0 Å². The van der Waals surface area contributed by atoms with Crippen molar-refractivity contribution in [3.8, 4) is 0 Å². The van der Waals surface area contributed by atoms with Gasteiger partial charge < -0.3 is 9.84 Å². The standard InChI is InChI=1S/C26H45NO4S/c1-3-5-7-9-11-12-13-14-16-18-20-31-26(30)27-24-23(25(28)29)21-22(32-24)19-17-15-10-8-6-4-2/h21H,3-20H2,1-2H3,(H,27,30)(H,28,29). The monoisotopic (exact) mass is 467 g/mol. The Morgan fingerprint density at radius 3 is 1.84 bits per heavy atom. The lowest BCUT2D eigenvalue weighted by molar-refractivity contribution is 0.0698. The van der Waals surface area contributed by atoms with Crippen molar-refractivity contribution in [2.75, 3.05) is 11.9 Å². The third-order valence-electron chi connectivity index (χ3n) is 5.74. The van der Waals surface area contributed by atoms with Gasteiger partial charge in [-0.2, -0.15) is 0 Å². The zero-order chi connectivity index (χ0) is 23.4. The maximum atomic E-state index is 12.1. The third kappa shape index (κ3) is 13.8. The summed E-state index contributed by atoms with van der Waals surface area (Å²) in [6, 6.07) is 1.69. The predicted octanol–water partition coefficient (Wildman–Crippen LogP) is 8.82. The molecule has 184 valence electrons. The van der Waals surface area contributed by atoms with Crippen molar-refractivity contribution in [3.63, 3.8) is 0 Å². The number of thiophene rings is 1. The fraction of sp³-hybridized carbons (Fsp3) is 0.769. The van der Waals surface area contributed by atoms with Gasteiger partial charge in [0.15, 0.2) is 0 Å². The number of carbonyl (C=O) groups excluding carboxylic acids is 1. The average molecular weight is 468 g/mol. The zero-order valence-electron chi connectivity index (χ0n) is 20.4. The molecule has 0 saturated heterocycles. The lowest BCUT2D eigenvalue weighted by Crippen LogP contribution is -2.15. The van der Waals surface area contributed by atoms with Crippen molar-refractivity contribution in [2.24, 2.45) is 0 Å². The van der Waals surface area contributed by atoms with E-state index < -0.39 is 12.1 Å². The molecule has 32 heavy (non-hydrogen) atoms. The van der Waals surface area contributed by atoms with Crippen LogP contribution in [0.2, 0.25) is 0 Å². The minimum absolute atomic E-state index is 0.159. The number of carbonyl (C=O) groups is 2. The second kappa shape index (κ2) is 19.0. The van der Waals surface area contributed by atoms with Gasteiger partial charge in [-0.05, 0) is 25.3 Å². The molecule has 0 unspecified atom stereocenters. The van der Waals surface area contributed by atoms with Crippen molar-refractivity contribution < 1.29 is 19.4 Å². The summed E-state index contributed by atoms with van der Waals surface area (Å²) in [7, 11) is 0. The van der Waals surface area contributed by atoms with Crippen molar-refractivity contribution >= 4 is 28.4 Å². The molecule has 6 heteroatoms. The van der Waals surface area contributed by atoms with E-state index in [-0.39, 0.29) is 5.56 Å². The molecule has 5 nitrogen and oxygen atoms in total. The first-order valence-corrected chi connectivity index (χ1v) is 13.7. The number of hydrogen-bond acceptors (Lipinski definition) is 4. The Bertz CT molecular complexity index is 629. The van der Waals surface area contributed by atoms with E-state index in [2.05, 4.69) is 19.2 Å². The molecule has 1 amide bonds. The van der Waals surface area contributed by atoms with Crippen LogP contribution in [-0.4, -0.2) is 23.8 Å². The predicted molar refractivity (Wildman–Crippen MR) is 135 cm³/mol. The first-order chi connectivity index (χ1) is 15.6. The summed E-state index contributed by atoms with van der Waals surface area (Å²) >= 11 is 1.35. The van der Waals surface area contributed by atoms with E-state index in [1.165, 1.54) is 88.4 Å². The minimum atomic E-state index is -1.01. The fourth-order valence-corrected chi connectivity index (χ4v) is 4.86. The van der Waals surface area contributed by atoms with E-state index in [0.29, 0.717) is 11.6 Å². The van der Waals surface area contributed by atoms with Crippen molar-refractivity contribution in [3.05, 3.63) is 16.5 Å². The molecule has 0 aliphatic heterocycles. The Labute approximate surface area is 199 Å². The maximum absolute atomic E-state index is 12.1. The zero-order valence-corrected chi connectivity index (χ0v) is 21.2. The molecule has 0 aliphatic carbocycles. The summed E-state index contributed by atoms with van der Waals surface area (Å²) in [5.74, 6) is -1.01. The summed E-state index contributed by atoms with van der Waals surface area (Å²) in [6.45, 7) is 4.82. The van der Waals surface area contributed by atoms with Gasteiger partial charge in [0.2, 0.25) is 0 Å². The Hall–Kier alpha value is -1.56. The smallest absolute Gasteiger partial charge is 0.412 e. The van der Waals surface area contributed by atoms with Gasteiger partial charge in [-0.25, -0.2) is 9.59 Å². The van der Waals surface area contributed by atoms with E-state index in [4.69, 9.17) is 4.74 Å². The largest absolute Gasteiger partial charge is 0.478 e. The van der Waals surface area contributed by atoms with Gasteiger partial charge in [-0.1, -0.05) is 104 Å². The number of aryl methyl sites for hydroxylation is 1. The Morgan fingerprint density at radius 2 is 1.31 bits per heavy atom. The number of rotatable bonds is 20. The number of nitrogens with one attached hydrogen (secondary N) is 1. The molecule has 0 saturated carbocycles. The molecular weight excluding hydrogens is 422 g/mol. The fourth-order valence-electron chi connectivity index (χ4n) is 3.78. The summed E-state index contributed by atoms with van der Waals surface area (Å²) in [5.41, 5.74) is 0.159. The topological polar surface area (TPSA) is 75.6 Å². The highest BCUT2D eigenvalue weighted by Crippen LogP contribution is 2.30. The van der Waals surface area contributed by atoms with Crippen molar-refractivity contribution in [1.82, 2.24) is 0 Å². The molecule has 1 aromatic rings. The molecular formula is C26H45NO4S. The average Bonchev–Trinajstić information content (AvgIpc) is 3.17. The van der Waals surface area contributed by atoms with Crippen LogP contribution in [0.15, 0.2) is 6.07 Å². The van der Waals surface area contributed by atoms with E-state index in [1.807, 2.05) is 0 Å². The van der Waals surface area contributed by atoms with Gasteiger partial charge in [0.1, 0.15) is 5.00 Å². The van der Waals surface area contributed by atoms with Crippen LogP contribution in [0.5, 0.6) is 0 Å². The Morgan fingerprint density at radius 1 is 0.812 bits per heavy atom. The number of carboxylic acid groups (broad SMARTS) is 1. The molecule has 0 aromatic carbocycles. The highest BCUT2D eigenvalue weighted by Gasteiger charge is 2.17. The van der Waals surface area contributed by atoms with Crippen molar-refractivity contribution in [2.45, 2.75) is 123 Å². The van der Waals surface area contributed by atoms with Crippen LogP contribution >= 0.6 is 11.3 Å². The number of aromatic carboxylic acids is 1. The number of anilines is 1. The molecule has 1 aromatic heterocycles. The van der Waals surface area contributed by atoms with Crippen LogP contribution in [0.25, 0.3) is 0 Å². The number of amides is 1. The van der Waals surface area contributed by atoms with E-state index in [9.17, 15) is 14.7 Å². The molecule has 0 atom stereocenters. The van der Waals surface area contributed by atoms with Gasteiger partial charge in [0.05, 0.1) is 12.2 Å². The summed E-state index contributed by atoms with van der Waals surface area (Å²) in [5, 5.41) is 12.5. The van der Waals surface area contributed by atoms with Gasteiger partial charge in [-0.15, -0.1) is 11.3 Å². The van der Waals surface area contributed by atoms with Gasteiger partial charge in [0, 0.05) is 4.88 Å². The van der Waals surface area contributed by atoms with Gasteiger partial charge >= 0.3 is 12.1 Å². The molecule has 1 rings (SSSR count). The van der Waals surface area contributed by atoms with Crippen LogP contribution in [0.4, 0.5) is 9.80 Å². The molecule has 0 bridgehead atoms. The molecule has 0 spiro atoms. The van der Waals surface area contributed by atoms with Gasteiger partial charge in [0.25, 0.3) is 0 Å². The number of ether oxygens (including phenoxy) is 1. The second-order valence-electron chi connectivity index (χ2n) is 8.72. The Kier molecular flexibility index (Phi) is 16.9. The first-order valence-electron chi connectivity index (χ1n) is 12.9.